The average molecular weight is 652 g/mol. The second-order valence-corrected chi connectivity index (χ2v) is 13.4. The number of benzene rings is 9. The van der Waals surface area contributed by atoms with E-state index in [0.717, 1.165) is 71.3 Å². The van der Waals surface area contributed by atoms with Crippen molar-refractivity contribution in [3.63, 3.8) is 0 Å². The maximum absolute atomic E-state index is 10.6. The van der Waals surface area contributed by atoms with Gasteiger partial charge in [0, 0.05) is 16.3 Å². The van der Waals surface area contributed by atoms with Crippen LogP contribution >= 0.6 is 0 Å². The zero-order chi connectivity index (χ0) is 35.2. The van der Waals surface area contributed by atoms with Crippen LogP contribution in [0.2, 0.25) is 0 Å². The van der Waals surface area contributed by atoms with Crippen LogP contribution in [0.3, 0.4) is 0 Å². The number of hydrogen-bond donors (Lipinski definition) is 1. The lowest BCUT2D eigenvalue weighted by molar-refractivity contribution is 0.484. The Morgan fingerprint density at radius 3 is 1.54 bits per heavy atom. The Bertz CT molecular complexity index is 3060. The van der Waals surface area contributed by atoms with Crippen molar-refractivity contribution >= 4 is 118 Å². The third-order valence-electron chi connectivity index (χ3n) is 10.7. The summed E-state index contributed by atoms with van der Waals surface area (Å²) in [4.78, 5) is 0. The van der Waals surface area contributed by atoms with Gasteiger partial charge in [0.05, 0.1) is 5.75 Å². The van der Waals surface area contributed by atoms with Crippen molar-refractivity contribution in [3.8, 4) is 39.1 Å². The molecule has 0 aliphatic heterocycles. The molecule has 1 N–H and O–H groups in total. The van der Waals surface area contributed by atoms with Crippen LogP contribution in [0.1, 0.15) is 0 Å². The number of para-hydroxylation sites is 1. The molecule has 52 heavy (non-hydrogen) atoms. The number of phenolic OH excluding ortho intramolecular Hbond substituents is 1. The molecule has 1 heterocycles. The molecule has 0 bridgehead atoms. The summed E-state index contributed by atoms with van der Waals surface area (Å²) in [5.41, 5.74) is 7.59. The van der Waals surface area contributed by atoms with E-state index in [4.69, 9.17) is 35.8 Å². The monoisotopic (exact) mass is 652 g/mol. The van der Waals surface area contributed by atoms with E-state index < -0.39 is 0 Å². The molecule has 0 saturated heterocycles. The summed E-state index contributed by atoms with van der Waals surface area (Å²) in [6, 6.07) is 48.5. The Balaban J connectivity index is 1.31. The zero-order valence-corrected chi connectivity index (χ0v) is 27.9. The summed E-state index contributed by atoms with van der Waals surface area (Å²) in [7, 11) is 25.9. The highest BCUT2D eigenvalue weighted by Gasteiger charge is 2.24. The molecular formula is C46H24B4O2. The van der Waals surface area contributed by atoms with Gasteiger partial charge in [0.25, 0.3) is 0 Å². The molecule has 8 radical (unpaired) electrons. The third-order valence-corrected chi connectivity index (χ3v) is 10.7. The quantitative estimate of drug-likeness (QED) is 0.119. The van der Waals surface area contributed by atoms with E-state index in [2.05, 4.69) is 109 Å². The molecule has 10 aromatic rings. The first kappa shape index (κ1) is 30.7. The minimum Gasteiger partial charge on any atom is -0.509 e. The van der Waals surface area contributed by atoms with E-state index >= 15 is 0 Å². The molecule has 2 nitrogen and oxygen atoms in total. The van der Waals surface area contributed by atoms with Crippen LogP contribution in [0.25, 0.3) is 98.4 Å². The third kappa shape index (κ3) is 4.24. The van der Waals surface area contributed by atoms with Crippen molar-refractivity contribution in [2.24, 2.45) is 0 Å². The summed E-state index contributed by atoms with van der Waals surface area (Å²) >= 11 is 0. The van der Waals surface area contributed by atoms with Gasteiger partial charge in [-0.25, -0.2) is 0 Å². The number of phenols is 1. The molecule has 232 valence electrons. The van der Waals surface area contributed by atoms with Gasteiger partial charge in [-0.15, -0.1) is 0 Å². The summed E-state index contributed by atoms with van der Waals surface area (Å²) in [6.45, 7) is 0. The van der Waals surface area contributed by atoms with E-state index in [0.29, 0.717) is 5.56 Å². The van der Waals surface area contributed by atoms with Crippen LogP contribution in [0, 0.1) is 0 Å². The fourth-order valence-corrected chi connectivity index (χ4v) is 8.32. The molecule has 6 heteroatoms. The van der Waals surface area contributed by atoms with Crippen molar-refractivity contribution in [3.05, 3.63) is 140 Å². The van der Waals surface area contributed by atoms with Gasteiger partial charge in [-0.3, -0.25) is 0 Å². The van der Waals surface area contributed by atoms with Gasteiger partial charge in [-0.05, 0) is 83.0 Å². The molecule has 0 saturated carbocycles. The first-order valence-corrected chi connectivity index (χ1v) is 17.2. The molecule has 0 spiro atoms. The fourth-order valence-electron chi connectivity index (χ4n) is 8.32. The minimum absolute atomic E-state index is 0.00331. The predicted molar refractivity (Wildman–Crippen MR) is 223 cm³/mol. The molecule has 1 aromatic heterocycles. The highest BCUT2D eigenvalue weighted by Crippen LogP contribution is 2.48. The predicted octanol–water partition coefficient (Wildman–Crippen LogP) is 8.08. The van der Waals surface area contributed by atoms with Crippen molar-refractivity contribution in [2.75, 3.05) is 0 Å². The van der Waals surface area contributed by atoms with Gasteiger partial charge in [0.1, 0.15) is 42.6 Å². The highest BCUT2D eigenvalue weighted by atomic mass is 16.3. The van der Waals surface area contributed by atoms with E-state index in [1.807, 2.05) is 30.3 Å². The Labute approximate surface area is 305 Å². The van der Waals surface area contributed by atoms with E-state index in [9.17, 15) is 5.11 Å². The van der Waals surface area contributed by atoms with Crippen LogP contribution < -0.4 is 21.9 Å². The standard InChI is InChI=1S/C46H24B4O2/c47-41-40(42(48)44(50)45(51)43(41)49)39-30-17-7-5-15-28(30)37(29-16-6-8-18-31(29)39)33-20-10-22-36-38(33)34-21-9-19-32(46(34)52-36)35-23-24-11-1-2-12-25(24)26-13-3-4-14-27(26)35/h1-23,51H. The number of hydrogen-bond acceptors (Lipinski definition) is 2. The average Bonchev–Trinajstić information content (AvgIpc) is 3.58. The zero-order valence-electron chi connectivity index (χ0n) is 27.9. The highest BCUT2D eigenvalue weighted by molar-refractivity contribution is 6.61. The number of rotatable bonds is 3. The SMILES string of the molecule is [B]c1c([B])c(-c2c3ccccc3c(-c3cccc4oc5c(-c6cc7ccccc7c7ccccc67)cccc5c34)c3ccccc23)c([B])c([B])c1O. The van der Waals surface area contributed by atoms with Crippen LogP contribution in [0.5, 0.6) is 5.75 Å². The Morgan fingerprint density at radius 2 is 0.885 bits per heavy atom. The minimum atomic E-state index is -0.307. The molecular weight excluding hydrogens is 628 g/mol. The molecule has 10 rings (SSSR count). The van der Waals surface area contributed by atoms with Crippen molar-refractivity contribution in [1.29, 1.82) is 0 Å². The van der Waals surface area contributed by atoms with Gasteiger partial charge in [-0.2, -0.15) is 0 Å². The molecule has 0 amide bonds. The number of aromatic hydroxyl groups is 1. The lowest BCUT2D eigenvalue weighted by atomic mass is 9.64. The normalized spacial score (nSPS) is 11.8. The Kier molecular flexibility index (Phi) is 6.76. The molecule has 9 aromatic carbocycles. The maximum atomic E-state index is 10.6. The number of furan rings is 1. The topological polar surface area (TPSA) is 33.4 Å². The van der Waals surface area contributed by atoms with Crippen molar-refractivity contribution < 1.29 is 9.52 Å². The fraction of sp³-hybridized carbons (Fsp3) is 0. The maximum Gasteiger partial charge on any atom is 0.143 e. The summed E-state index contributed by atoms with van der Waals surface area (Å²) in [5.74, 6) is -0.307. The smallest absolute Gasteiger partial charge is 0.143 e. The summed E-state index contributed by atoms with van der Waals surface area (Å²) < 4.78 is 6.86. The molecule has 0 unspecified atom stereocenters. The lowest BCUT2D eigenvalue weighted by Crippen LogP contribution is -2.42. The van der Waals surface area contributed by atoms with Crippen molar-refractivity contribution in [2.45, 2.75) is 0 Å². The summed E-state index contributed by atoms with van der Waals surface area (Å²) in [5, 5.41) is 21.3. The van der Waals surface area contributed by atoms with Crippen LogP contribution in [-0.4, -0.2) is 36.5 Å². The second kappa shape index (κ2) is 11.4. The summed E-state index contributed by atoms with van der Waals surface area (Å²) in [6.07, 6.45) is 0. The largest absolute Gasteiger partial charge is 0.509 e. The lowest BCUT2D eigenvalue weighted by Gasteiger charge is -2.24. The van der Waals surface area contributed by atoms with Crippen LogP contribution in [0.4, 0.5) is 0 Å². The van der Waals surface area contributed by atoms with Crippen LogP contribution in [-0.2, 0) is 0 Å². The van der Waals surface area contributed by atoms with Gasteiger partial charge in [-0.1, -0.05) is 149 Å². The van der Waals surface area contributed by atoms with E-state index in [1.165, 1.54) is 21.5 Å². The van der Waals surface area contributed by atoms with Crippen molar-refractivity contribution in [1.82, 2.24) is 0 Å². The number of fused-ring (bicyclic) bond motifs is 8. The molecule has 0 atom stereocenters. The Hall–Kier alpha value is -6.12. The molecule has 0 aliphatic carbocycles. The first-order chi connectivity index (χ1) is 25.4. The van der Waals surface area contributed by atoms with E-state index in [1.54, 1.807) is 0 Å². The van der Waals surface area contributed by atoms with E-state index in [-0.39, 0.29) is 27.6 Å². The van der Waals surface area contributed by atoms with Gasteiger partial charge >= 0.3 is 0 Å². The Morgan fingerprint density at radius 1 is 0.385 bits per heavy atom. The van der Waals surface area contributed by atoms with Crippen LogP contribution in [0.15, 0.2) is 144 Å². The van der Waals surface area contributed by atoms with Gasteiger partial charge in [0.15, 0.2) is 0 Å². The molecule has 0 aliphatic rings. The van der Waals surface area contributed by atoms with Gasteiger partial charge < -0.3 is 9.52 Å². The second-order valence-electron chi connectivity index (χ2n) is 13.4. The molecule has 0 fully saturated rings. The first-order valence-electron chi connectivity index (χ1n) is 17.2. The van der Waals surface area contributed by atoms with Gasteiger partial charge in [0.2, 0.25) is 0 Å².